The Hall–Kier alpha value is -2.37. The minimum Gasteiger partial charge on any atom is -0.504 e. The highest BCUT2D eigenvalue weighted by Gasteiger charge is 2.15. The number of hydrogen-bond acceptors (Lipinski definition) is 5. The quantitative estimate of drug-likeness (QED) is 0.480. The third kappa shape index (κ3) is 5.05. The standard InChI is InChI=1S/C19H20ClNO4/c1-11(2)18(23)21-10-14-8-15(20)9-16(17(14)22)25-19(24)13-6-4-12(3)5-7-13/h4-11,18,22-23H,1-3H3. The van der Waals surface area contributed by atoms with Gasteiger partial charge in [-0.05, 0) is 31.0 Å². The molecule has 2 N–H and O–H groups in total. The average molecular weight is 362 g/mol. The Morgan fingerprint density at radius 1 is 1.24 bits per heavy atom. The zero-order valence-corrected chi connectivity index (χ0v) is 15.0. The molecule has 0 saturated heterocycles. The number of carbonyl (C=O) groups excluding carboxylic acids is 1. The molecule has 0 fully saturated rings. The molecule has 0 aliphatic carbocycles. The number of rotatable bonds is 5. The molecule has 2 rings (SSSR count). The number of aliphatic imine (C=N–C) groups is 1. The Morgan fingerprint density at radius 3 is 2.48 bits per heavy atom. The Bertz CT molecular complexity index is 785. The zero-order chi connectivity index (χ0) is 18.6. The van der Waals surface area contributed by atoms with Gasteiger partial charge in [-0.25, -0.2) is 4.79 Å². The van der Waals surface area contributed by atoms with Crippen molar-refractivity contribution in [1.29, 1.82) is 0 Å². The molecule has 1 atom stereocenters. The number of benzene rings is 2. The summed E-state index contributed by atoms with van der Waals surface area (Å²) in [6.45, 7) is 5.54. The Balaban J connectivity index is 2.26. The summed E-state index contributed by atoms with van der Waals surface area (Å²) in [6.07, 6.45) is 0.395. The van der Waals surface area contributed by atoms with Gasteiger partial charge in [0, 0.05) is 22.9 Å². The van der Waals surface area contributed by atoms with Crippen LogP contribution < -0.4 is 4.74 Å². The lowest BCUT2D eigenvalue weighted by Gasteiger charge is -2.11. The van der Waals surface area contributed by atoms with Gasteiger partial charge in [0.2, 0.25) is 0 Å². The van der Waals surface area contributed by atoms with Gasteiger partial charge in [-0.1, -0.05) is 43.1 Å². The Morgan fingerprint density at radius 2 is 1.88 bits per heavy atom. The number of phenols is 1. The number of aliphatic hydroxyl groups excluding tert-OH is 1. The maximum Gasteiger partial charge on any atom is 0.343 e. The van der Waals surface area contributed by atoms with Crippen molar-refractivity contribution in [2.45, 2.75) is 27.0 Å². The van der Waals surface area contributed by atoms with Gasteiger partial charge >= 0.3 is 5.97 Å². The van der Waals surface area contributed by atoms with Gasteiger partial charge in [0.05, 0.1) is 5.56 Å². The molecule has 25 heavy (non-hydrogen) atoms. The van der Waals surface area contributed by atoms with Crippen LogP contribution in [0.1, 0.15) is 35.3 Å². The topological polar surface area (TPSA) is 79.1 Å². The first kappa shape index (κ1) is 19.0. The van der Waals surface area contributed by atoms with Crippen LogP contribution in [0.15, 0.2) is 41.4 Å². The molecule has 0 aromatic heterocycles. The second-order valence-corrected chi connectivity index (χ2v) is 6.47. The third-order valence-corrected chi connectivity index (χ3v) is 3.74. The largest absolute Gasteiger partial charge is 0.504 e. The van der Waals surface area contributed by atoms with Crippen LogP contribution in [0.4, 0.5) is 0 Å². The second kappa shape index (κ2) is 8.14. The molecule has 0 spiro atoms. The number of phenolic OH excluding ortho intramolecular Hbond substituents is 1. The van der Waals surface area contributed by atoms with Gasteiger partial charge in [0.15, 0.2) is 11.5 Å². The maximum atomic E-state index is 12.2. The lowest BCUT2D eigenvalue weighted by atomic mass is 10.1. The van der Waals surface area contributed by atoms with E-state index in [1.165, 1.54) is 18.3 Å². The smallest absolute Gasteiger partial charge is 0.343 e. The van der Waals surface area contributed by atoms with Crippen LogP contribution >= 0.6 is 11.6 Å². The first-order valence-corrected chi connectivity index (χ1v) is 8.18. The molecule has 0 saturated carbocycles. The molecule has 5 nitrogen and oxygen atoms in total. The molecule has 0 radical (unpaired) electrons. The highest BCUT2D eigenvalue weighted by molar-refractivity contribution is 6.31. The van der Waals surface area contributed by atoms with Gasteiger partial charge in [-0.3, -0.25) is 4.99 Å². The summed E-state index contributed by atoms with van der Waals surface area (Å²) >= 11 is 6.02. The van der Waals surface area contributed by atoms with Crippen LogP contribution in [0.3, 0.4) is 0 Å². The van der Waals surface area contributed by atoms with E-state index in [-0.39, 0.29) is 28.0 Å². The van der Waals surface area contributed by atoms with E-state index in [0.29, 0.717) is 5.56 Å². The van der Waals surface area contributed by atoms with E-state index < -0.39 is 12.2 Å². The van der Waals surface area contributed by atoms with Crippen molar-refractivity contribution in [3.63, 3.8) is 0 Å². The molecule has 0 bridgehead atoms. The van der Waals surface area contributed by atoms with Gasteiger partial charge in [0.25, 0.3) is 0 Å². The minimum atomic E-state index is -0.906. The average Bonchev–Trinajstić information content (AvgIpc) is 2.56. The summed E-state index contributed by atoms with van der Waals surface area (Å²) in [5.41, 5.74) is 1.62. The minimum absolute atomic E-state index is 0.0708. The van der Waals surface area contributed by atoms with Gasteiger partial charge in [0.1, 0.15) is 6.23 Å². The summed E-state index contributed by atoms with van der Waals surface area (Å²) in [4.78, 5) is 16.2. The van der Waals surface area contributed by atoms with E-state index in [1.54, 1.807) is 24.3 Å². The van der Waals surface area contributed by atoms with Crippen molar-refractivity contribution in [3.8, 4) is 11.5 Å². The van der Waals surface area contributed by atoms with Crippen molar-refractivity contribution in [2.24, 2.45) is 10.9 Å². The molecule has 2 aromatic carbocycles. The summed E-state index contributed by atoms with van der Waals surface area (Å²) in [6, 6.07) is 9.68. The summed E-state index contributed by atoms with van der Waals surface area (Å²) in [7, 11) is 0. The lowest BCUT2D eigenvalue weighted by Crippen LogP contribution is -2.11. The molecule has 2 aromatic rings. The van der Waals surface area contributed by atoms with Crippen molar-refractivity contribution < 1.29 is 19.7 Å². The van der Waals surface area contributed by atoms with Gasteiger partial charge < -0.3 is 14.9 Å². The Kier molecular flexibility index (Phi) is 6.17. The number of halogens is 1. The number of ether oxygens (including phenoxy) is 1. The van der Waals surface area contributed by atoms with Crippen molar-refractivity contribution in [1.82, 2.24) is 0 Å². The third-order valence-electron chi connectivity index (χ3n) is 3.52. The number of aryl methyl sites for hydroxylation is 1. The SMILES string of the molecule is Cc1ccc(C(=O)Oc2cc(Cl)cc(C=NC(O)C(C)C)c2O)cc1. The fourth-order valence-electron chi connectivity index (χ4n) is 1.95. The first-order chi connectivity index (χ1) is 11.8. The van der Waals surface area contributed by atoms with Crippen molar-refractivity contribution in [2.75, 3.05) is 0 Å². The normalized spacial score (nSPS) is 12.6. The fourth-order valence-corrected chi connectivity index (χ4v) is 2.16. The van der Waals surface area contributed by atoms with Crippen LogP contribution in [0.2, 0.25) is 5.02 Å². The van der Waals surface area contributed by atoms with Crippen molar-refractivity contribution >= 4 is 23.8 Å². The number of aliphatic hydroxyl groups is 1. The number of hydrogen-bond donors (Lipinski definition) is 2. The highest BCUT2D eigenvalue weighted by atomic mass is 35.5. The number of aromatic hydroxyl groups is 1. The zero-order valence-electron chi connectivity index (χ0n) is 14.2. The highest BCUT2D eigenvalue weighted by Crippen LogP contribution is 2.33. The number of nitrogens with zero attached hydrogens (tertiary/aromatic N) is 1. The van der Waals surface area contributed by atoms with Crippen LogP contribution in [-0.2, 0) is 0 Å². The van der Waals surface area contributed by atoms with Crippen LogP contribution in [-0.4, -0.2) is 28.6 Å². The fraction of sp³-hybridized carbons (Fsp3) is 0.263. The lowest BCUT2D eigenvalue weighted by molar-refractivity contribution is 0.0729. The van der Waals surface area contributed by atoms with Crippen LogP contribution in [0.25, 0.3) is 0 Å². The van der Waals surface area contributed by atoms with E-state index in [1.807, 2.05) is 20.8 Å². The predicted octanol–water partition coefficient (Wildman–Crippen LogP) is 3.97. The van der Waals surface area contributed by atoms with E-state index in [2.05, 4.69) is 4.99 Å². The first-order valence-electron chi connectivity index (χ1n) is 7.80. The molecule has 132 valence electrons. The van der Waals surface area contributed by atoms with Crippen LogP contribution in [0, 0.1) is 12.8 Å². The second-order valence-electron chi connectivity index (χ2n) is 6.03. The monoisotopic (exact) mass is 361 g/mol. The van der Waals surface area contributed by atoms with Crippen LogP contribution in [0.5, 0.6) is 11.5 Å². The number of carbonyl (C=O) groups is 1. The Labute approximate surface area is 151 Å². The maximum absolute atomic E-state index is 12.2. The van der Waals surface area contributed by atoms with Gasteiger partial charge in [-0.15, -0.1) is 0 Å². The van der Waals surface area contributed by atoms with E-state index in [4.69, 9.17) is 16.3 Å². The molecule has 0 aliphatic rings. The molecule has 0 aliphatic heterocycles. The van der Waals surface area contributed by atoms with Gasteiger partial charge in [-0.2, -0.15) is 0 Å². The molecule has 6 heteroatoms. The van der Waals surface area contributed by atoms with Crippen molar-refractivity contribution in [3.05, 3.63) is 58.1 Å². The van der Waals surface area contributed by atoms with E-state index in [0.717, 1.165) is 5.56 Å². The van der Waals surface area contributed by atoms with E-state index in [9.17, 15) is 15.0 Å². The summed E-state index contributed by atoms with van der Waals surface area (Å²) < 4.78 is 5.25. The molecular weight excluding hydrogens is 342 g/mol. The molecule has 0 amide bonds. The molecule has 1 unspecified atom stereocenters. The predicted molar refractivity (Wildman–Crippen MR) is 97.7 cm³/mol. The summed E-state index contributed by atoms with van der Waals surface area (Å²) in [5.74, 6) is -1.03. The summed E-state index contributed by atoms with van der Waals surface area (Å²) in [5, 5.41) is 20.3. The van der Waals surface area contributed by atoms with E-state index >= 15 is 0 Å². The molecule has 0 heterocycles. The number of esters is 1. The molecular formula is C19H20ClNO4.